The van der Waals surface area contributed by atoms with Crippen LogP contribution in [0.25, 0.3) is 0 Å². The van der Waals surface area contributed by atoms with Crippen molar-refractivity contribution in [3.05, 3.63) is 33.8 Å². The molecule has 1 heterocycles. The van der Waals surface area contributed by atoms with Gasteiger partial charge in [-0.3, -0.25) is 0 Å². The number of nitrogens with one attached hydrogen (secondary N) is 1. The summed E-state index contributed by atoms with van der Waals surface area (Å²) >= 11 is 11.9. The first-order valence-corrected chi connectivity index (χ1v) is 7.04. The Hall–Kier alpha value is -0.970. The van der Waals surface area contributed by atoms with Crippen LogP contribution in [0.1, 0.15) is 18.4 Å². The third-order valence-corrected chi connectivity index (χ3v) is 3.78. The van der Waals surface area contributed by atoms with Gasteiger partial charge < -0.3 is 16.0 Å². The summed E-state index contributed by atoms with van der Waals surface area (Å²) < 4.78 is 0. The van der Waals surface area contributed by atoms with Gasteiger partial charge in [0.15, 0.2) is 0 Å². The highest BCUT2D eigenvalue weighted by atomic mass is 35.5. The number of nitrogens with two attached hydrogens (primary N) is 1. The van der Waals surface area contributed by atoms with Gasteiger partial charge in [-0.2, -0.15) is 0 Å². The van der Waals surface area contributed by atoms with E-state index in [0.717, 1.165) is 24.9 Å². The number of urea groups is 1. The van der Waals surface area contributed by atoms with Gasteiger partial charge in [0, 0.05) is 35.7 Å². The number of carbonyl (C=O) groups is 1. The lowest BCUT2D eigenvalue weighted by molar-refractivity contribution is 0.179. The fourth-order valence-electron chi connectivity index (χ4n) is 2.14. The van der Waals surface area contributed by atoms with Gasteiger partial charge in [-0.05, 0) is 30.5 Å². The number of hydrogen-bond acceptors (Lipinski definition) is 2. The Morgan fingerprint density at radius 2 is 2.26 bits per heavy atom. The van der Waals surface area contributed by atoms with E-state index >= 15 is 0 Å². The van der Waals surface area contributed by atoms with Crippen LogP contribution in [-0.2, 0) is 6.54 Å². The first kappa shape index (κ1) is 14.4. The SMILES string of the molecule is N[C@H]1CCCN(C(=O)NCc2ccc(Cl)cc2Cl)C1. The Bertz CT molecular complexity index is 467. The molecule has 0 aliphatic carbocycles. The van der Waals surface area contributed by atoms with Crippen LogP contribution in [0, 0.1) is 0 Å². The van der Waals surface area contributed by atoms with Crippen molar-refractivity contribution in [3.8, 4) is 0 Å². The van der Waals surface area contributed by atoms with E-state index in [1.165, 1.54) is 0 Å². The van der Waals surface area contributed by atoms with E-state index in [0.29, 0.717) is 23.1 Å². The highest BCUT2D eigenvalue weighted by molar-refractivity contribution is 6.35. The molecule has 1 fully saturated rings. The van der Waals surface area contributed by atoms with Gasteiger partial charge in [0.25, 0.3) is 0 Å². The summed E-state index contributed by atoms with van der Waals surface area (Å²) in [5, 5.41) is 4.00. The minimum absolute atomic E-state index is 0.0821. The van der Waals surface area contributed by atoms with E-state index in [-0.39, 0.29) is 12.1 Å². The van der Waals surface area contributed by atoms with Gasteiger partial charge in [-0.1, -0.05) is 29.3 Å². The fraction of sp³-hybridized carbons (Fsp3) is 0.462. The lowest BCUT2D eigenvalue weighted by Crippen LogP contribution is -2.49. The molecule has 1 aliphatic heterocycles. The molecule has 0 spiro atoms. The van der Waals surface area contributed by atoms with Crippen molar-refractivity contribution in [2.24, 2.45) is 5.73 Å². The van der Waals surface area contributed by atoms with Gasteiger partial charge in [0.2, 0.25) is 0 Å². The zero-order chi connectivity index (χ0) is 13.8. The summed E-state index contributed by atoms with van der Waals surface area (Å²) in [7, 11) is 0. The third kappa shape index (κ3) is 4.00. The number of piperidine rings is 1. The molecule has 1 aromatic rings. The van der Waals surface area contributed by atoms with Gasteiger partial charge >= 0.3 is 6.03 Å². The second-order valence-corrected chi connectivity index (χ2v) is 5.59. The van der Waals surface area contributed by atoms with Crippen molar-refractivity contribution < 1.29 is 4.79 Å². The highest BCUT2D eigenvalue weighted by Gasteiger charge is 2.20. The van der Waals surface area contributed by atoms with Gasteiger partial charge in [-0.15, -0.1) is 0 Å². The minimum Gasteiger partial charge on any atom is -0.334 e. The zero-order valence-corrected chi connectivity index (χ0v) is 12.0. The lowest BCUT2D eigenvalue weighted by Gasteiger charge is -2.30. The number of rotatable bonds is 2. The molecule has 19 heavy (non-hydrogen) atoms. The van der Waals surface area contributed by atoms with Crippen molar-refractivity contribution in [3.63, 3.8) is 0 Å². The first-order valence-electron chi connectivity index (χ1n) is 6.28. The number of nitrogens with zero attached hydrogens (tertiary/aromatic N) is 1. The molecule has 1 aliphatic rings. The van der Waals surface area contributed by atoms with E-state index in [2.05, 4.69) is 5.32 Å². The van der Waals surface area contributed by atoms with Crippen LogP contribution in [0.2, 0.25) is 10.0 Å². The number of carbonyl (C=O) groups excluding carboxylic acids is 1. The molecule has 0 bridgehead atoms. The largest absolute Gasteiger partial charge is 0.334 e. The van der Waals surface area contributed by atoms with Crippen LogP contribution in [0.15, 0.2) is 18.2 Å². The smallest absolute Gasteiger partial charge is 0.317 e. The molecule has 104 valence electrons. The first-order chi connectivity index (χ1) is 9.06. The molecular formula is C13H17Cl2N3O. The summed E-state index contributed by atoms with van der Waals surface area (Å²) in [4.78, 5) is 13.7. The maximum atomic E-state index is 12.0. The van der Waals surface area contributed by atoms with Crippen LogP contribution in [0.3, 0.4) is 0 Å². The molecular weight excluding hydrogens is 285 g/mol. The van der Waals surface area contributed by atoms with Crippen molar-refractivity contribution in [1.29, 1.82) is 0 Å². The Kier molecular flexibility index (Phi) is 4.91. The molecule has 1 saturated heterocycles. The van der Waals surface area contributed by atoms with Gasteiger partial charge in [-0.25, -0.2) is 4.79 Å². The van der Waals surface area contributed by atoms with Gasteiger partial charge in [0.05, 0.1) is 0 Å². The van der Waals surface area contributed by atoms with E-state index in [1.54, 1.807) is 17.0 Å². The molecule has 0 aromatic heterocycles. The summed E-state index contributed by atoms with van der Waals surface area (Å²) in [6.07, 6.45) is 1.93. The zero-order valence-electron chi connectivity index (χ0n) is 10.5. The third-order valence-electron chi connectivity index (χ3n) is 3.19. The molecule has 0 saturated carbocycles. The topological polar surface area (TPSA) is 58.4 Å². The van der Waals surface area contributed by atoms with Crippen LogP contribution in [0.4, 0.5) is 4.79 Å². The Morgan fingerprint density at radius 3 is 2.95 bits per heavy atom. The second-order valence-electron chi connectivity index (χ2n) is 4.74. The number of hydrogen-bond donors (Lipinski definition) is 2. The predicted molar refractivity (Wildman–Crippen MR) is 77.5 cm³/mol. The molecule has 3 N–H and O–H groups in total. The van der Waals surface area contributed by atoms with Crippen LogP contribution in [-0.4, -0.2) is 30.1 Å². The Morgan fingerprint density at radius 1 is 1.47 bits per heavy atom. The number of amides is 2. The summed E-state index contributed by atoms with van der Waals surface area (Å²) in [5.41, 5.74) is 6.70. The van der Waals surface area contributed by atoms with E-state index in [9.17, 15) is 4.79 Å². The van der Waals surface area contributed by atoms with Crippen LogP contribution >= 0.6 is 23.2 Å². The molecule has 1 aromatic carbocycles. The molecule has 0 unspecified atom stereocenters. The average molecular weight is 302 g/mol. The standard InChI is InChI=1S/C13H17Cl2N3O/c14-10-4-3-9(12(15)6-10)7-17-13(19)18-5-1-2-11(16)8-18/h3-4,6,11H,1-2,5,7-8,16H2,(H,17,19)/t11-/m0/s1. The van der Waals surface area contributed by atoms with Crippen LogP contribution in [0.5, 0.6) is 0 Å². The maximum Gasteiger partial charge on any atom is 0.317 e. The Labute approximate surface area is 122 Å². The number of benzene rings is 1. The molecule has 2 amide bonds. The Balaban J connectivity index is 1.89. The average Bonchev–Trinajstić information content (AvgIpc) is 2.37. The monoisotopic (exact) mass is 301 g/mol. The maximum absolute atomic E-state index is 12.0. The molecule has 1 atom stereocenters. The summed E-state index contributed by atoms with van der Waals surface area (Å²) in [5.74, 6) is 0. The number of halogens is 2. The van der Waals surface area contributed by atoms with Crippen LogP contribution < -0.4 is 11.1 Å². The summed E-state index contributed by atoms with van der Waals surface area (Å²) in [6, 6.07) is 5.22. The quantitative estimate of drug-likeness (QED) is 0.882. The molecule has 2 rings (SSSR count). The normalized spacial score (nSPS) is 19.3. The van der Waals surface area contributed by atoms with E-state index < -0.39 is 0 Å². The fourth-order valence-corrected chi connectivity index (χ4v) is 2.62. The lowest BCUT2D eigenvalue weighted by atomic mass is 10.1. The second kappa shape index (κ2) is 6.46. The van der Waals surface area contributed by atoms with Crippen molar-refractivity contribution >= 4 is 29.2 Å². The van der Waals surface area contributed by atoms with E-state index in [4.69, 9.17) is 28.9 Å². The van der Waals surface area contributed by atoms with E-state index in [1.807, 2.05) is 6.07 Å². The number of likely N-dealkylation sites (tertiary alicyclic amines) is 1. The predicted octanol–water partition coefficient (Wildman–Crippen LogP) is 2.63. The summed E-state index contributed by atoms with van der Waals surface area (Å²) in [6.45, 7) is 1.76. The van der Waals surface area contributed by atoms with Crippen molar-refractivity contribution in [2.45, 2.75) is 25.4 Å². The van der Waals surface area contributed by atoms with Crippen molar-refractivity contribution in [2.75, 3.05) is 13.1 Å². The molecule has 6 heteroatoms. The minimum atomic E-state index is -0.0961. The molecule has 4 nitrogen and oxygen atoms in total. The molecule has 0 radical (unpaired) electrons. The van der Waals surface area contributed by atoms with Crippen molar-refractivity contribution in [1.82, 2.24) is 10.2 Å². The van der Waals surface area contributed by atoms with Gasteiger partial charge in [0.1, 0.15) is 0 Å². The highest BCUT2D eigenvalue weighted by Crippen LogP contribution is 2.20.